The zero-order valence-corrected chi connectivity index (χ0v) is 14.3. The highest BCUT2D eigenvalue weighted by Crippen LogP contribution is 2.35. The number of aliphatic carboxylic acids is 1. The number of carbonyl (C=O) groups is 1. The first kappa shape index (κ1) is 22.9. The van der Waals surface area contributed by atoms with Crippen molar-refractivity contribution in [2.45, 2.75) is 19.5 Å². The Labute approximate surface area is 154 Å². The Hall–Kier alpha value is -3.18. The molecular weight excluding hydrogens is 400 g/mol. The van der Waals surface area contributed by atoms with Crippen molar-refractivity contribution in [3.05, 3.63) is 41.3 Å². The number of hydrogen-bond donors (Lipinski definition) is 1. The SMILES string of the molecule is C=N/C(=C\C(C(=O)O)=C(/C)Oc1ccc(OC(F)(F)F)cc1OC)C(F)(F)F. The molecule has 1 rings (SSSR count). The third kappa shape index (κ3) is 6.52. The van der Waals surface area contributed by atoms with E-state index in [0.29, 0.717) is 0 Å². The summed E-state index contributed by atoms with van der Waals surface area (Å²) in [6.45, 7) is 3.77. The van der Waals surface area contributed by atoms with Gasteiger partial charge in [-0.2, -0.15) is 13.2 Å². The molecule has 0 radical (unpaired) electrons. The van der Waals surface area contributed by atoms with Crippen molar-refractivity contribution in [1.29, 1.82) is 0 Å². The summed E-state index contributed by atoms with van der Waals surface area (Å²) in [6.07, 6.45) is -9.72. The van der Waals surface area contributed by atoms with E-state index >= 15 is 0 Å². The van der Waals surface area contributed by atoms with Gasteiger partial charge in [0.25, 0.3) is 0 Å². The Morgan fingerprint density at radius 2 is 1.79 bits per heavy atom. The van der Waals surface area contributed by atoms with Gasteiger partial charge in [0.15, 0.2) is 11.5 Å². The van der Waals surface area contributed by atoms with Gasteiger partial charge in [0, 0.05) is 6.07 Å². The van der Waals surface area contributed by atoms with Crippen LogP contribution in [0.4, 0.5) is 26.3 Å². The molecule has 0 aliphatic carbocycles. The lowest BCUT2D eigenvalue weighted by molar-refractivity contribution is -0.274. The molecule has 1 aromatic rings. The largest absolute Gasteiger partial charge is 0.573 e. The van der Waals surface area contributed by atoms with E-state index in [9.17, 15) is 31.1 Å². The lowest BCUT2D eigenvalue weighted by Crippen LogP contribution is -2.17. The second-order valence-electron chi connectivity index (χ2n) is 4.92. The minimum atomic E-state index is -4.96. The van der Waals surface area contributed by atoms with Gasteiger partial charge >= 0.3 is 18.5 Å². The van der Waals surface area contributed by atoms with Crippen LogP contribution < -0.4 is 14.2 Å². The van der Waals surface area contributed by atoms with Crippen LogP contribution in [-0.2, 0) is 4.79 Å². The van der Waals surface area contributed by atoms with Crippen molar-refractivity contribution in [2.24, 2.45) is 4.99 Å². The molecule has 12 heteroatoms. The number of halogens is 6. The molecule has 1 aromatic carbocycles. The second-order valence-corrected chi connectivity index (χ2v) is 4.92. The highest BCUT2D eigenvalue weighted by molar-refractivity contribution is 5.90. The van der Waals surface area contributed by atoms with Crippen LogP contribution in [0.15, 0.2) is 46.3 Å². The number of ether oxygens (including phenoxy) is 3. The first-order valence-corrected chi connectivity index (χ1v) is 7.10. The minimum Gasteiger partial charge on any atom is -0.493 e. The van der Waals surface area contributed by atoms with E-state index in [1.165, 1.54) is 0 Å². The normalized spacial score (nSPS) is 13.5. The Balaban J connectivity index is 3.33. The number of nitrogens with zero attached hydrogens (tertiary/aromatic N) is 1. The number of aliphatic imine (C=N–C) groups is 1. The van der Waals surface area contributed by atoms with Gasteiger partial charge in [-0.25, -0.2) is 4.79 Å². The van der Waals surface area contributed by atoms with Gasteiger partial charge in [-0.1, -0.05) is 0 Å². The van der Waals surface area contributed by atoms with Crippen molar-refractivity contribution in [3.63, 3.8) is 0 Å². The van der Waals surface area contributed by atoms with Crippen LogP contribution in [0.2, 0.25) is 0 Å². The van der Waals surface area contributed by atoms with Crippen molar-refractivity contribution in [1.82, 2.24) is 0 Å². The summed E-state index contributed by atoms with van der Waals surface area (Å²) in [5, 5.41) is 9.14. The van der Waals surface area contributed by atoms with Crippen molar-refractivity contribution < 1.29 is 50.5 Å². The zero-order chi connectivity index (χ0) is 21.7. The Kier molecular flexibility index (Phi) is 7.08. The van der Waals surface area contributed by atoms with E-state index in [0.717, 1.165) is 32.2 Å². The molecule has 0 aromatic heterocycles. The van der Waals surface area contributed by atoms with Crippen LogP contribution in [0.25, 0.3) is 0 Å². The first-order valence-electron chi connectivity index (χ1n) is 7.10. The molecule has 0 bridgehead atoms. The topological polar surface area (TPSA) is 77.4 Å². The summed E-state index contributed by atoms with van der Waals surface area (Å²) < 4.78 is 88.7. The number of benzene rings is 1. The van der Waals surface area contributed by atoms with Gasteiger partial charge in [0.2, 0.25) is 0 Å². The smallest absolute Gasteiger partial charge is 0.493 e. The number of carboxylic acid groups (broad SMARTS) is 1. The van der Waals surface area contributed by atoms with Gasteiger partial charge in [-0.3, -0.25) is 4.99 Å². The monoisotopic (exact) mass is 413 g/mol. The van der Waals surface area contributed by atoms with Crippen LogP contribution >= 0.6 is 0 Å². The van der Waals surface area contributed by atoms with Gasteiger partial charge in [0.1, 0.15) is 17.2 Å². The average Bonchev–Trinajstić information content (AvgIpc) is 2.53. The van der Waals surface area contributed by atoms with Gasteiger partial charge in [0.05, 0.1) is 12.7 Å². The summed E-state index contributed by atoms with van der Waals surface area (Å²) in [5.74, 6) is -3.47. The molecule has 154 valence electrons. The molecule has 0 saturated heterocycles. The average molecular weight is 413 g/mol. The molecule has 0 aliphatic rings. The highest BCUT2D eigenvalue weighted by Gasteiger charge is 2.34. The third-order valence-electron chi connectivity index (χ3n) is 2.98. The van der Waals surface area contributed by atoms with E-state index in [4.69, 9.17) is 14.6 Å². The van der Waals surface area contributed by atoms with Gasteiger partial charge < -0.3 is 19.3 Å². The summed E-state index contributed by atoms with van der Waals surface area (Å²) in [6, 6.07) is 2.61. The van der Waals surface area contributed by atoms with E-state index in [1.54, 1.807) is 0 Å². The number of hydrogen-bond acceptors (Lipinski definition) is 5. The van der Waals surface area contributed by atoms with Crippen molar-refractivity contribution in [2.75, 3.05) is 7.11 Å². The second kappa shape index (κ2) is 8.67. The molecule has 0 atom stereocenters. The van der Waals surface area contributed by atoms with Crippen LogP contribution in [0.3, 0.4) is 0 Å². The summed E-state index contributed by atoms with van der Waals surface area (Å²) in [7, 11) is 1.08. The van der Waals surface area contributed by atoms with Crippen molar-refractivity contribution >= 4 is 12.7 Å². The van der Waals surface area contributed by atoms with Crippen LogP contribution in [0.1, 0.15) is 6.92 Å². The predicted molar refractivity (Wildman–Crippen MR) is 84.3 cm³/mol. The molecule has 0 unspecified atom stereocenters. The lowest BCUT2D eigenvalue weighted by atomic mass is 10.2. The van der Waals surface area contributed by atoms with Crippen LogP contribution in [-0.4, -0.2) is 37.4 Å². The Bertz CT molecular complexity index is 811. The van der Waals surface area contributed by atoms with E-state index in [1.807, 2.05) is 0 Å². The molecule has 0 spiro atoms. The van der Waals surface area contributed by atoms with Crippen LogP contribution in [0.5, 0.6) is 17.2 Å². The highest BCUT2D eigenvalue weighted by atomic mass is 19.4. The molecule has 6 nitrogen and oxygen atoms in total. The van der Waals surface area contributed by atoms with Crippen LogP contribution in [0, 0.1) is 0 Å². The molecule has 0 fully saturated rings. The third-order valence-corrected chi connectivity index (χ3v) is 2.98. The quantitative estimate of drug-likeness (QED) is 0.235. The minimum absolute atomic E-state index is 0.207. The fraction of sp³-hybridized carbons (Fsp3) is 0.250. The predicted octanol–water partition coefficient (Wildman–Crippen LogP) is 4.48. The van der Waals surface area contributed by atoms with E-state index in [-0.39, 0.29) is 17.6 Å². The van der Waals surface area contributed by atoms with Gasteiger partial charge in [-0.15, -0.1) is 13.2 Å². The number of rotatable bonds is 7. The molecule has 0 amide bonds. The van der Waals surface area contributed by atoms with E-state index in [2.05, 4.69) is 16.4 Å². The molecular formula is C16H13F6NO5. The number of allylic oxidation sites excluding steroid dienone is 2. The molecule has 0 aliphatic heterocycles. The standard InChI is InChI=1S/C16H13F6NO5/c1-8(10(14(24)25)7-13(23-2)15(17,18)19)27-11-5-4-9(6-12(11)26-3)28-16(20,21)22/h4-7H,2H2,1,3H3,(H,24,25)/b10-8-,13-7-. The summed E-state index contributed by atoms with van der Waals surface area (Å²) in [5.41, 5.74) is -2.48. The maximum absolute atomic E-state index is 12.7. The maximum Gasteiger partial charge on any atom is 0.573 e. The Morgan fingerprint density at radius 1 is 1.18 bits per heavy atom. The molecule has 0 saturated carbocycles. The number of methoxy groups -OCH3 is 1. The maximum atomic E-state index is 12.7. The van der Waals surface area contributed by atoms with Gasteiger partial charge in [-0.05, 0) is 31.9 Å². The summed E-state index contributed by atoms with van der Waals surface area (Å²) in [4.78, 5) is 14.0. The first-order chi connectivity index (χ1) is 12.8. The van der Waals surface area contributed by atoms with Crippen molar-refractivity contribution in [3.8, 4) is 17.2 Å². The number of alkyl halides is 6. The number of carboxylic acids is 1. The fourth-order valence-corrected chi connectivity index (χ4v) is 1.82. The lowest BCUT2D eigenvalue weighted by Gasteiger charge is -2.15. The molecule has 1 N–H and O–H groups in total. The summed E-state index contributed by atoms with van der Waals surface area (Å²) >= 11 is 0. The fourth-order valence-electron chi connectivity index (χ4n) is 1.82. The van der Waals surface area contributed by atoms with E-state index < -0.39 is 41.3 Å². The molecule has 0 heterocycles. The zero-order valence-electron chi connectivity index (χ0n) is 14.3. The Morgan fingerprint density at radius 3 is 2.21 bits per heavy atom. The molecule has 28 heavy (non-hydrogen) atoms.